The van der Waals surface area contributed by atoms with Crippen LogP contribution < -0.4 is 11.1 Å². The van der Waals surface area contributed by atoms with E-state index < -0.39 is 0 Å². The first kappa shape index (κ1) is 15.4. The van der Waals surface area contributed by atoms with Crippen molar-refractivity contribution in [3.63, 3.8) is 0 Å². The van der Waals surface area contributed by atoms with Crippen molar-refractivity contribution in [1.29, 1.82) is 0 Å². The van der Waals surface area contributed by atoms with Crippen molar-refractivity contribution < 1.29 is 4.79 Å². The molecule has 0 aliphatic heterocycles. The monoisotopic (exact) mass is 300 g/mol. The molecule has 0 radical (unpaired) electrons. The zero-order valence-corrected chi connectivity index (χ0v) is 12.9. The van der Waals surface area contributed by atoms with Gasteiger partial charge in [0.1, 0.15) is 0 Å². The zero-order chi connectivity index (χ0) is 15.1. The van der Waals surface area contributed by atoms with E-state index in [-0.39, 0.29) is 5.91 Å². The lowest BCUT2D eigenvalue weighted by atomic mass is 10.0. The Kier molecular flexibility index (Phi) is 5.69. The molecule has 4 heteroatoms. The van der Waals surface area contributed by atoms with Crippen LogP contribution in [-0.4, -0.2) is 18.2 Å². The van der Waals surface area contributed by atoms with Crippen molar-refractivity contribution >= 4 is 23.4 Å². The highest BCUT2D eigenvalue weighted by molar-refractivity contribution is 8.00. The van der Waals surface area contributed by atoms with Crippen molar-refractivity contribution in [2.75, 3.05) is 18.0 Å². The Hall–Kier alpha value is -1.94. The number of hydrogen-bond donors (Lipinski definition) is 2. The van der Waals surface area contributed by atoms with Crippen molar-refractivity contribution in [2.45, 2.75) is 17.7 Å². The van der Waals surface area contributed by atoms with E-state index in [0.717, 1.165) is 10.6 Å². The van der Waals surface area contributed by atoms with Gasteiger partial charge in [-0.25, -0.2) is 0 Å². The average Bonchev–Trinajstić information content (AvgIpc) is 2.53. The lowest BCUT2D eigenvalue weighted by Crippen LogP contribution is -2.28. The fourth-order valence-corrected chi connectivity index (χ4v) is 2.66. The van der Waals surface area contributed by atoms with Gasteiger partial charge in [0.15, 0.2) is 0 Å². The summed E-state index contributed by atoms with van der Waals surface area (Å²) in [5, 5.41) is 2.98. The molecule has 1 atom stereocenters. The number of anilines is 1. The Bertz CT molecular complexity index is 569. The Morgan fingerprint density at radius 3 is 2.48 bits per heavy atom. The molecule has 3 N–H and O–H groups in total. The third-order valence-electron chi connectivity index (χ3n) is 3.22. The van der Waals surface area contributed by atoms with Crippen LogP contribution in [0.5, 0.6) is 0 Å². The number of amides is 1. The van der Waals surface area contributed by atoms with Crippen LogP contribution in [0.1, 0.15) is 18.4 Å². The summed E-state index contributed by atoms with van der Waals surface area (Å²) in [5.74, 6) is 0.794. The fourth-order valence-electron chi connectivity index (χ4n) is 1.93. The van der Waals surface area contributed by atoms with Crippen LogP contribution >= 0.6 is 11.8 Å². The van der Waals surface area contributed by atoms with E-state index in [9.17, 15) is 4.79 Å². The molecule has 110 valence electrons. The van der Waals surface area contributed by atoms with Gasteiger partial charge < -0.3 is 11.1 Å². The van der Waals surface area contributed by atoms with Crippen LogP contribution in [0.15, 0.2) is 59.5 Å². The molecule has 1 amide bonds. The smallest absolute Gasteiger partial charge is 0.230 e. The molecule has 21 heavy (non-hydrogen) atoms. The normalized spacial score (nSPS) is 11.9. The van der Waals surface area contributed by atoms with Crippen LogP contribution in [0.4, 0.5) is 5.69 Å². The van der Waals surface area contributed by atoms with Gasteiger partial charge in [-0.1, -0.05) is 37.3 Å². The molecule has 0 heterocycles. The second kappa shape index (κ2) is 7.74. The molecular formula is C17H20N2OS. The number of nitrogen functional groups attached to an aromatic ring is 1. The number of hydrogen-bond acceptors (Lipinski definition) is 3. The first-order chi connectivity index (χ1) is 10.1. The topological polar surface area (TPSA) is 55.1 Å². The number of nitrogens with two attached hydrogens (primary N) is 1. The lowest BCUT2D eigenvalue weighted by molar-refractivity contribution is -0.118. The maximum atomic E-state index is 11.9. The molecule has 0 aromatic heterocycles. The highest BCUT2D eigenvalue weighted by Crippen LogP contribution is 2.19. The summed E-state index contributed by atoms with van der Waals surface area (Å²) < 4.78 is 0. The van der Waals surface area contributed by atoms with Crippen LogP contribution in [0.3, 0.4) is 0 Å². The molecule has 2 rings (SSSR count). The van der Waals surface area contributed by atoms with E-state index in [0.29, 0.717) is 18.2 Å². The highest BCUT2D eigenvalue weighted by Gasteiger charge is 2.07. The highest BCUT2D eigenvalue weighted by atomic mass is 32.2. The minimum absolute atomic E-state index is 0.0552. The zero-order valence-electron chi connectivity index (χ0n) is 12.1. The molecule has 3 nitrogen and oxygen atoms in total. The number of thioether (sulfide) groups is 1. The summed E-state index contributed by atoms with van der Waals surface area (Å²) in [6.07, 6.45) is 0. The quantitative estimate of drug-likeness (QED) is 0.636. The predicted molar refractivity (Wildman–Crippen MR) is 89.4 cm³/mol. The Morgan fingerprint density at radius 2 is 1.81 bits per heavy atom. The van der Waals surface area contributed by atoms with E-state index in [1.807, 2.05) is 42.5 Å². The van der Waals surface area contributed by atoms with Gasteiger partial charge >= 0.3 is 0 Å². The summed E-state index contributed by atoms with van der Waals surface area (Å²) >= 11 is 1.52. The van der Waals surface area contributed by atoms with Crippen molar-refractivity contribution in [1.82, 2.24) is 5.32 Å². The summed E-state index contributed by atoms with van der Waals surface area (Å²) in [6, 6.07) is 17.8. The molecule has 2 aromatic rings. The van der Waals surface area contributed by atoms with Gasteiger partial charge in [-0.2, -0.15) is 0 Å². The molecule has 0 fully saturated rings. The third kappa shape index (κ3) is 5.16. The number of rotatable bonds is 6. The van der Waals surface area contributed by atoms with E-state index >= 15 is 0 Å². The SMILES string of the molecule is CC(CNC(=O)CSc1ccc(N)cc1)c1ccccc1. The van der Waals surface area contributed by atoms with Crippen LogP contribution in [0, 0.1) is 0 Å². The Balaban J connectivity index is 1.73. The maximum Gasteiger partial charge on any atom is 0.230 e. The molecule has 1 unspecified atom stereocenters. The molecule has 0 saturated heterocycles. The Morgan fingerprint density at radius 1 is 1.14 bits per heavy atom. The molecule has 0 bridgehead atoms. The summed E-state index contributed by atoms with van der Waals surface area (Å²) in [5.41, 5.74) is 7.61. The molecular weight excluding hydrogens is 280 g/mol. The second-order valence-corrected chi connectivity index (χ2v) is 6.02. The van der Waals surface area contributed by atoms with Crippen LogP contribution in [0.25, 0.3) is 0 Å². The van der Waals surface area contributed by atoms with Gasteiger partial charge in [-0.3, -0.25) is 4.79 Å². The number of carbonyl (C=O) groups excluding carboxylic acids is 1. The van der Waals surface area contributed by atoms with E-state index in [4.69, 9.17) is 5.73 Å². The molecule has 0 aliphatic rings. The van der Waals surface area contributed by atoms with E-state index in [2.05, 4.69) is 24.4 Å². The minimum atomic E-state index is 0.0552. The van der Waals surface area contributed by atoms with E-state index in [1.165, 1.54) is 17.3 Å². The van der Waals surface area contributed by atoms with Gasteiger partial charge in [0.2, 0.25) is 5.91 Å². The van der Waals surface area contributed by atoms with Gasteiger partial charge in [-0.05, 0) is 35.7 Å². The van der Waals surface area contributed by atoms with Gasteiger partial charge in [-0.15, -0.1) is 11.8 Å². The van der Waals surface area contributed by atoms with Crippen LogP contribution in [0.2, 0.25) is 0 Å². The second-order valence-electron chi connectivity index (χ2n) is 4.97. The third-order valence-corrected chi connectivity index (χ3v) is 4.24. The molecule has 0 saturated carbocycles. The average molecular weight is 300 g/mol. The van der Waals surface area contributed by atoms with Gasteiger partial charge in [0, 0.05) is 17.1 Å². The van der Waals surface area contributed by atoms with Crippen molar-refractivity contribution in [3.8, 4) is 0 Å². The predicted octanol–water partition coefficient (Wildman–Crippen LogP) is 3.28. The molecule has 2 aromatic carbocycles. The van der Waals surface area contributed by atoms with Crippen molar-refractivity contribution in [3.05, 3.63) is 60.2 Å². The van der Waals surface area contributed by atoms with Crippen molar-refractivity contribution in [2.24, 2.45) is 0 Å². The first-order valence-corrected chi connectivity index (χ1v) is 7.93. The first-order valence-electron chi connectivity index (χ1n) is 6.95. The minimum Gasteiger partial charge on any atom is -0.399 e. The van der Waals surface area contributed by atoms with E-state index in [1.54, 1.807) is 0 Å². The number of benzene rings is 2. The summed E-state index contributed by atoms with van der Waals surface area (Å²) in [6.45, 7) is 2.77. The summed E-state index contributed by atoms with van der Waals surface area (Å²) in [4.78, 5) is 12.9. The summed E-state index contributed by atoms with van der Waals surface area (Å²) in [7, 11) is 0. The largest absolute Gasteiger partial charge is 0.399 e. The van der Waals surface area contributed by atoms with Gasteiger partial charge in [0.05, 0.1) is 5.75 Å². The number of nitrogens with one attached hydrogen (secondary N) is 1. The lowest BCUT2D eigenvalue weighted by Gasteiger charge is -2.13. The number of carbonyl (C=O) groups is 1. The maximum absolute atomic E-state index is 11.9. The van der Waals surface area contributed by atoms with Gasteiger partial charge in [0.25, 0.3) is 0 Å². The molecule has 0 aliphatic carbocycles. The Labute approximate surface area is 129 Å². The fraction of sp³-hybridized carbons (Fsp3) is 0.235. The van der Waals surface area contributed by atoms with Crippen LogP contribution in [-0.2, 0) is 4.79 Å². The molecule has 0 spiro atoms. The standard InChI is InChI=1S/C17H20N2OS/c1-13(14-5-3-2-4-6-14)11-19-17(20)12-21-16-9-7-15(18)8-10-16/h2-10,13H,11-12,18H2,1H3,(H,19,20).